The number of rotatable bonds is 6. The molecule has 5 aromatic rings. The molecular weight excluding hydrogens is 422 g/mol. The molecule has 2 heterocycles. The summed E-state index contributed by atoms with van der Waals surface area (Å²) in [4.78, 5) is 21.6. The van der Waals surface area contributed by atoms with Gasteiger partial charge in [-0.15, -0.1) is 0 Å². The number of anilines is 2. The van der Waals surface area contributed by atoms with Crippen LogP contribution in [0.5, 0.6) is 0 Å². The van der Waals surface area contributed by atoms with Crippen molar-refractivity contribution >= 4 is 28.2 Å². The highest BCUT2D eigenvalue weighted by molar-refractivity contribution is 6.15. The normalized spacial score (nSPS) is 10.8. The molecule has 0 saturated heterocycles. The second-order valence-corrected chi connectivity index (χ2v) is 7.99. The van der Waals surface area contributed by atoms with Crippen molar-refractivity contribution in [2.75, 3.05) is 11.1 Å². The summed E-state index contributed by atoms with van der Waals surface area (Å²) in [5.41, 5.74) is 16.9. The minimum atomic E-state index is -0.618. The number of nitrogens with two attached hydrogens (primary N) is 2. The fraction of sp³-hybridized carbons (Fsp3) is 0.0357. The first-order valence-electron chi connectivity index (χ1n) is 10.9. The first-order chi connectivity index (χ1) is 16.6. The number of benzene rings is 3. The molecule has 0 saturated carbocycles. The number of carbonyl (C=O) groups excluding carboxylic acids is 1. The van der Waals surface area contributed by atoms with Gasteiger partial charge in [-0.25, -0.2) is 4.98 Å². The summed E-state index contributed by atoms with van der Waals surface area (Å²) in [6.45, 7) is 0.545. The third-order valence-corrected chi connectivity index (χ3v) is 5.70. The van der Waals surface area contributed by atoms with E-state index in [1.807, 2.05) is 60.7 Å². The van der Waals surface area contributed by atoms with Crippen LogP contribution in [0.2, 0.25) is 0 Å². The zero-order valence-corrected chi connectivity index (χ0v) is 18.4. The van der Waals surface area contributed by atoms with Crippen LogP contribution in [-0.4, -0.2) is 15.9 Å². The molecule has 5 N–H and O–H groups in total. The van der Waals surface area contributed by atoms with Gasteiger partial charge in [0.05, 0.1) is 5.69 Å². The fourth-order valence-electron chi connectivity index (χ4n) is 4.20. The topological polar surface area (TPSA) is 107 Å². The van der Waals surface area contributed by atoms with Crippen LogP contribution in [0.3, 0.4) is 0 Å². The molecule has 34 heavy (non-hydrogen) atoms. The Kier molecular flexibility index (Phi) is 5.62. The Bertz CT molecular complexity index is 1480. The number of nitrogens with zero attached hydrogens (tertiary/aromatic N) is 2. The predicted molar refractivity (Wildman–Crippen MR) is 137 cm³/mol. The summed E-state index contributed by atoms with van der Waals surface area (Å²) in [5, 5.41) is 5.18. The average Bonchev–Trinajstić information content (AvgIpc) is 2.87. The lowest BCUT2D eigenvalue weighted by Crippen LogP contribution is -2.17. The van der Waals surface area contributed by atoms with E-state index in [0.717, 1.165) is 27.5 Å². The van der Waals surface area contributed by atoms with E-state index >= 15 is 0 Å². The number of nitrogen functional groups attached to an aromatic ring is 1. The molecule has 6 heteroatoms. The summed E-state index contributed by atoms with van der Waals surface area (Å²) >= 11 is 0. The average molecular weight is 446 g/mol. The minimum Gasteiger partial charge on any atom is -0.397 e. The minimum absolute atomic E-state index is 0.167. The van der Waals surface area contributed by atoms with Crippen LogP contribution in [0.1, 0.15) is 16.1 Å². The maximum atomic E-state index is 12.6. The van der Waals surface area contributed by atoms with Crippen molar-refractivity contribution in [1.82, 2.24) is 9.97 Å². The van der Waals surface area contributed by atoms with E-state index in [1.165, 1.54) is 0 Å². The van der Waals surface area contributed by atoms with Crippen molar-refractivity contribution < 1.29 is 4.79 Å². The SMILES string of the molecule is NC(=O)c1nc(NCc2ccccc2)c2c(-c3ccccc3)cccc2c1-c1cncc(N)c1. The molecule has 0 aliphatic heterocycles. The molecule has 0 atom stereocenters. The molecule has 0 radical (unpaired) electrons. The number of carbonyl (C=O) groups is 1. The van der Waals surface area contributed by atoms with E-state index in [1.54, 1.807) is 18.5 Å². The number of primary amides is 1. The van der Waals surface area contributed by atoms with Gasteiger partial charge in [0.2, 0.25) is 0 Å². The van der Waals surface area contributed by atoms with Crippen molar-refractivity contribution in [3.63, 3.8) is 0 Å². The molecule has 0 fully saturated rings. The van der Waals surface area contributed by atoms with Crippen LogP contribution in [0.4, 0.5) is 11.5 Å². The number of amides is 1. The Labute approximate surface area is 197 Å². The highest BCUT2D eigenvalue weighted by atomic mass is 16.1. The maximum Gasteiger partial charge on any atom is 0.268 e. The van der Waals surface area contributed by atoms with Crippen molar-refractivity contribution in [3.8, 4) is 22.3 Å². The van der Waals surface area contributed by atoms with Crippen LogP contribution in [-0.2, 0) is 6.54 Å². The molecule has 0 aliphatic carbocycles. The van der Waals surface area contributed by atoms with E-state index in [2.05, 4.69) is 28.5 Å². The Balaban J connectivity index is 1.81. The molecule has 0 aliphatic rings. The highest BCUT2D eigenvalue weighted by Gasteiger charge is 2.21. The summed E-state index contributed by atoms with van der Waals surface area (Å²) in [6.07, 6.45) is 3.24. The number of pyridine rings is 2. The number of hydrogen-bond donors (Lipinski definition) is 3. The zero-order chi connectivity index (χ0) is 23.5. The molecule has 2 aromatic heterocycles. The lowest BCUT2D eigenvalue weighted by Gasteiger charge is -2.18. The Morgan fingerprint density at radius 2 is 1.59 bits per heavy atom. The largest absolute Gasteiger partial charge is 0.397 e. The molecule has 1 amide bonds. The number of fused-ring (bicyclic) bond motifs is 1. The summed E-state index contributed by atoms with van der Waals surface area (Å²) in [7, 11) is 0. The lowest BCUT2D eigenvalue weighted by molar-refractivity contribution is 0.0996. The van der Waals surface area contributed by atoms with Crippen LogP contribution >= 0.6 is 0 Å². The fourth-order valence-corrected chi connectivity index (χ4v) is 4.20. The molecule has 0 bridgehead atoms. The molecule has 0 spiro atoms. The molecule has 3 aromatic carbocycles. The maximum absolute atomic E-state index is 12.6. The van der Waals surface area contributed by atoms with Gasteiger partial charge in [0.25, 0.3) is 5.91 Å². The van der Waals surface area contributed by atoms with Gasteiger partial charge in [-0.05, 0) is 28.1 Å². The van der Waals surface area contributed by atoms with E-state index in [0.29, 0.717) is 29.2 Å². The van der Waals surface area contributed by atoms with Crippen molar-refractivity contribution in [1.29, 1.82) is 0 Å². The Morgan fingerprint density at radius 1 is 0.853 bits per heavy atom. The first kappa shape index (κ1) is 21.2. The van der Waals surface area contributed by atoms with Gasteiger partial charge in [-0.3, -0.25) is 9.78 Å². The van der Waals surface area contributed by atoms with Crippen molar-refractivity contribution in [2.24, 2.45) is 5.73 Å². The summed E-state index contributed by atoms with van der Waals surface area (Å²) < 4.78 is 0. The van der Waals surface area contributed by atoms with E-state index in [9.17, 15) is 4.79 Å². The van der Waals surface area contributed by atoms with E-state index in [4.69, 9.17) is 16.5 Å². The van der Waals surface area contributed by atoms with Crippen LogP contribution in [0, 0.1) is 0 Å². The van der Waals surface area contributed by atoms with Crippen molar-refractivity contribution in [3.05, 3.63) is 109 Å². The van der Waals surface area contributed by atoms with Crippen LogP contribution < -0.4 is 16.8 Å². The lowest BCUT2D eigenvalue weighted by atomic mass is 9.92. The molecular formula is C28H23N5O. The molecule has 5 rings (SSSR count). The van der Waals surface area contributed by atoms with E-state index in [-0.39, 0.29) is 5.69 Å². The number of aromatic nitrogens is 2. The van der Waals surface area contributed by atoms with Gasteiger partial charge in [0.15, 0.2) is 0 Å². The number of hydrogen-bond acceptors (Lipinski definition) is 5. The summed E-state index contributed by atoms with van der Waals surface area (Å²) in [6, 6.07) is 27.9. The highest BCUT2D eigenvalue weighted by Crippen LogP contribution is 2.40. The van der Waals surface area contributed by atoms with Gasteiger partial charge >= 0.3 is 0 Å². The second kappa shape index (κ2) is 9.03. The van der Waals surface area contributed by atoms with Gasteiger partial charge in [-0.1, -0.05) is 78.9 Å². The predicted octanol–water partition coefficient (Wildman–Crippen LogP) is 5.26. The third-order valence-electron chi connectivity index (χ3n) is 5.70. The van der Waals surface area contributed by atoms with Crippen LogP contribution in [0.25, 0.3) is 33.0 Å². The second-order valence-electron chi connectivity index (χ2n) is 7.99. The van der Waals surface area contributed by atoms with Crippen molar-refractivity contribution in [2.45, 2.75) is 6.54 Å². The van der Waals surface area contributed by atoms with Gasteiger partial charge in [-0.2, -0.15) is 0 Å². The zero-order valence-electron chi connectivity index (χ0n) is 18.4. The van der Waals surface area contributed by atoms with Crippen LogP contribution in [0.15, 0.2) is 97.3 Å². The standard InChI is InChI=1S/C28H23N5O/c29-21-14-20(16-31-17-21)24-23-13-7-12-22(19-10-5-2-6-11-19)25(23)28(33-26(24)27(30)34)32-15-18-8-3-1-4-9-18/h1-14,16-17H,15,29H2,(H2,30,34)(H,32,33). The first-order valence-corrected chi connectivity index (χ1v) is 10.9. The number of nitrogens with one attached hydrogen (secondary N) is 1. The Morgan fingerprint density at radius 3 is 2.29 bits per heavy atom. The molecule has 166 valence electrons. The van der Waals surface area contributed by atoms with Gasteiger partial charge in [0, 0.05) is 35.5 Å². The van der Waals surface area contributed by atoms with E-state index < -0.39 is 5.91 Å². The molecule has 0 unspecified atom stereocenters. The Hall–Kier alpha value is -4.71. The quantitative estimate of drug-likeness (QED) is 0.331. The van der Waals surface area contributed by atoms with Gasteiger partial charge in [0.1, 0.15) is 11.5 Å². The smallest absolute Gasteiger partial charge is 0.268 e. The molecule has 6 nitrogen and oxygen atoms in total. The monoisotopic (exact) mass is 445 g/mol. The third kappa shape index (κ3) is 4.04. The van der Waals surface area contributed by atoms with Gasteiger partial charge < -0.3 is 16.8 Å². The summed E-state index contributed by atoms with van der Waals surface area (Å²) in [5.74, 6) is -0.0279.